The summed E-state index contributed by atoms with van der Waals surface area (Å²) in [5.74, 6) is 0.680. The smallest absolute Gasteiger partial charge is 0.228 e. The maximum atomic E-state index is 12.4. The number of rotatable bonds is 5. The Morgan fingerprint density at radius 3 is 3.00 bits per heavy atom. The molecule has 1 aromatic rings. The first-order chi connectivity index (χ1) is 9.63. The summed E-state index contributed by atoms with van der Waals surface area (Å²) in [6.07, 6.45) is 6.30. The molecule has 6 heteroatoms. The van der Waals surface area contributed by atoms with E-state index in [1.165, 1.54) is 12.8 Å². The summed E-state index contributed by atoms with van der Waals surface area (Å²) < 4.78 is 0. The van der Waals surface area contributed by atoms with Gasteiger partial charge in [-0.1, -0.05) is 0 Å². The first-order valence-corrected chi connectivity index (χ1v) is 7.14. The molecule has 0 spiro atoms. The molecule has 1 aliphatic carbocycles. The second-order valence-corrected chi connectivity index (χ2v) is 5.94. The van der Waals surface area contributed by atoms with Gasteiger partial charge in [-0.25, -0.2) is 0 Å². The Hall–Kier alpha value is -1.85. The van der Waals surface area contributed by atoms with Crippen LogP contribution in [0.25, 0.3) is 0 Å². The molecule has 1 unspecified atom stereocenters. The molecule has 108 valence electrons. The molecule has 0 aromatic carbocycles. The number of aromatic nitrogens is 2. The Kier molecular flexibility index (Phi) is 3.46. The van der Waals surface area contributed by atoms with Crippen molar-refractivity contribution in [3.05, 3.63) is 18.0 Å². The summed E-state index contributed by atoms with van der Waals surface area (Å²) in [6, 6.07) is 0. The summed E-state index contributed by atoms with van der Waals surface area (Å²) in [6.45, 7) is 1.96. The van der Waals surface area contributed by atoms with E-state index in [1.54, 1.807) is 24.3 Å². The molecule has 2 aliphatic rings. The molecule has 1 aromatic heterocycles. The first kappa shape index (κ1) is 13.1. The zero-order chi connectivity index (χ0) is 14.1. The number of carbonyl (C=O) groups is 2. The predicted octanol–water partition coefficient (Wildman–Crippen LogP) is 0.627. The topological polar surface area (TPSA) is 69.3 Å². The van der Waals surface area contributed by atoms with E-state index in [0.717, 1.165) is 12.1 Å². The van der Waals surface area contributed by atoms with Crippen LogP contribution in [-0.4, -0.2) is 51.9 Å². The van der Waals surface area contributed by atoms with Crippen molar-refractivity contribution < 1.29 is 9.59 Å². The highest BCUT2D eigenvalue weighted by atomic mass is 16.2. The van der Waals surface area contributed by atoms with Crippen LogP contribution in [0.4, 0.5) is 0 Å². The predicted molar refractivity (Wildman–Crippen MR) is 72.5 cm³/mol. The van der Waals surface area contributed by atoms with Crippen LogP contribution < -0.4 is 0 Å². The lowest BCUT2D eigenvalue weighted by Gasteiger charge is -2.21. The number of carbonyl (C=O) groups excluding carboxylic acids is 2. The fraction of sp³-hybridized carbons (Fsp3) is 0.643. The molecule has 1 atom stereocenters. The molecular formula is C14H20N4O2. The zero-order valence-corrected chi connectivity index (χ0v) is 11.7. The summed E-state index contributed by atoms with van der Waals surface area (Å²) in [5.41, 5.74) is 0.972. The van der Waals surface area contributed by atoms with Crippen LogP contribution in [0.1, 0.15) is 24.8 Å². The van der Waals surface area contributed by atoms with Crippen LogP contribution in [0.15, 0.2) is 12.4 Å². The highest BCUT2D eigenvalue weighted by Crippen LogP contribution is 2.32. The minimum absolute atomic E-state index is 0.0536. The Labute approximate surface area is 118 Å². The Morgan fingerprint density at radius 1 is 1.55 bits per heavy atom. The van der Waals surface area contributed by atoms with Gasteiger partial charge in [0.05, 0.1) is 12.1 Å². The van der Waals surface area contributed by atoms with Crippen molar-refractivity contribution in [2.24, 2.45) is 11.8 Å². The van der Waals surface area contributed by atoms with Crippen molar-refractivity contribution in [1.82, 2.24) is 20.0 Å². The molecule has 0 bridgehead atoms. The molecule has 2 amide bonds. The van der Waals surface area contributed by atoms with Crippen molar-refractivity contribution in [3.63, 3.8) is 0 Å². The Morgan fingerprint density at radius 2 is 2.35 bits per heavy atom. The zero-order valence-electron chi connectivity index (χ0n) is 11.7. The number of H-pyrrole nitrogens is 1. The number of nitrogens with zero attached hydrogens (tertiary/aromatic N) is 3. The third kappa shape index (κ3) is 2.84. The lowest BCUT2D eigenvalue weighted by Crippen LogP contribution is -2.34. The summed E-state index contributed by atoms with van der Waals surface area (Å²) in [5, 5.41) is 6.61. The fourth-order valence-corrected chi connectivity index (χ4v) is 2.75. The van der Waals surface area contributed by atoms with E-state index < -0.39 is 0 Å². The number of hydrogen-bond acceptors (Lipinski definition) is 3. The van der Waals surface area contributed by atoms with Gasteiger partial charge in [-0.3, -0.25) is 14.7 Å². The molecule has 0 radical (unpaired) electrons. The van der Waals surface area contributed by atoms with E-state index in [9.17, 15) is 9.59 Å². The SMILES string of the molecule is CN(Cc1cn[nH]c1)C(=O)C1CC(=O)N(CC2CC2)C1. The van der Waals surface area contributed by atoms with Crippen LogP contribution in [0.2, 0.25) is 0 Å². The molecule has 20 heavy (non-hydrogen) atoms. The molecule has 2 fully saturated rings. The van der Waals surface area contributed by atoms with Crippen molar-refractivity contribution in [2.75, 3.05) is 20.1 Å². The highest BCUT2D eigenvalue weighted by Gasteiger charge is 2.38. The number of amides is 2. The van der Waals surface area contributed by atoms with Crippen LogP contribution in [0.5, 0.6) is 0 Å². The van der Waals surface area contributed by atoms with Crippen LogP contribution in [0.3, 0.4) is 0 Å². The maximum Gasteiger partial charge on any atom is 0.228 e. The van der Waals surface area contributed by atoms with E-state index in [1.807, 2.05) is 4.90 Å². The number of aromatic amines is 1. The molecule has 2 heterocycles. The molecule has 1 saturated carbocycles. The lowest BCUT2D eigenvalue weighted by molar-refractivity contribution is -0.135. The molecular weight excluding hydrogens is 256 g/mol. The third-order valence-electron chi connectivity index (χ3n) is 4.09. The van der Waals surface area contributed by atoms with E-state index in [4.69, 9.17) is 0 Å². The van der Waals surface area contributed by atoms with Crippen molar-refractivity contribution >= 4 is 11.8 Å². The van der Waals surface area contributed by atoms with Crippen molar-refractivity contribution in [1.29, 1.82) is 0 Å². The fourth-order valence-electron chi connectivity index (χ4n) is 2.75. The number of nitrogens with one attached hydrogen (secondary N) is 1. The van der Waals surface area contributed by atoms with E-state index in [0.29, 0.717) is 25.4 Å². The van der Waals surface area contributed by atoms with Crippen molar-refractivity contribution in [2.45, 2.75) is 25.8 Å². The van der Waals surface area contributed by atoms with Gasteiger partial charge >= 0.3 is 0 Å². The summed E-state index contributed by atoms with van der Waals surface area (Å²) in [7, 11) is 1.78. The third-order valence-corrected chi connectivity index (χ3v) is 4.09. The second-order valence-electron chi connectivity index (χ2n) is 5.94. The van der Waals surface area contributed by atoms with Gasteiger partial charge in [0.25, 0.3) is 0 Å². The quantitative estimate of drug-likeness (QED) is 0.857. The average Bonchev–Trinajstić information content (AvgIpc) is 2.95. The summed E-state index contributed by atoms with van der Waals surface area (Å²) in [4.78, 5) is 27.9. The minimum atomic E-state index is -0.182. The number of likely N-dealkylation sites (tertiary alicyclic amines) is 1. The maximum absolute atomic E-state index is 12.4. The molecule has 6 nitrogen and oxygen atoms in total. The van der Waals surface area contributed by atoms with E-state index in [-0.39, 0.29) is 17.7 Å². The van der Waals surface area contributed by atoms with E-state index >= 15 is 0 Å². The van der Waals surface area contributed by atoms with Gasteiger partial charge in [0, 0.05) is 44.9 Å². The molecule has 3 rings (SSSR count). The van der Waals surface area contributed by atoms with Gasteiger partial charge in [0.1, 0.15) is 0 Å². The summed E-state index contributed by atoms with van der Waals surface area (Å²) >= 11 is 0. The largest absolute Gasteiger partial charge is 0.342 e. The van der Waals surface area contributed by atoms with Crippen molar-refractivity contribution in [3.8, 4) is 0 Å². The number of hydrogen-bond donors (Lipinski definition) is 1. The average molecular weight is 276 g/mol. The normalized spacial score (nSPS) is 22.4. The highest BCUT2D eigenvalue weighted by molar-refractivity contribution is 5.89. The molecule has 1 saturated heterocycles. The van der Waals surface area contributed by atoms with Gasteiger partial charge in [0.15, 0.2) is 0 Å². The van der Waals surface area contributed by atoms with Gasteiger partial charge in [-0.05, 0) is 18.8 Å². The minimum Gasteiger partial charge on any atom is -0.342 e. The van der Waals surface area contributed by atoms with Gasteiger partial charge in [-0.15, -0.1) is 0 Å². The standard InChI is InChI=1S/C14H20N4O2/c1-17(7-11-5-15-16-6-11)14(20)12-4-13(19)18(9-12)8-10-2-3-10/h5-6,10,12H,2-4,7-9H2,1H3,(H,15,16). The van der Waals surface area contributed by atoms with Crippen LogP contribution >= 0.6 is 0 Å². The Balaban J connectivity index is 1.55. The second kappa shape index (κ2) is 5.26. The van der Waals surface area contributed by atoms with E-state index in [2.05, 4.69) is 10.2 Å². The first-order valence-electron chi connectivity index (χ1n) is 7.14. The van der Waals surface area contributed by atoms with Gasteiger partial charge in [-0.2, -0.15) is 5.10 Å². The molecule has 1 N–H and O–H groups in total. The van der Waals surface area contributed by atoms with Crippen LogP contribution in [-0.2, 0) is 16.1 Å². The van der Waals surface area contributed by atoms with Gasteiger partial charge < -0.3 is 9.80 Å². The monoisotopic (exact) mass is 276 g/mol. The lowest BCUT2D eigenvalue weighted by atomic mass is 10.1. The molecule has 1 aliphatic heterocycles. The van der Waals surface area contributed by atoms with Crippen LogP contribution in [0, 0.1) is 11.8 Å². The Bertz CT molecular complexity index is 495. The van der Waals surface area contributed by atoms with Gasteiger partial charge in [0.2, 0.25) is 11.8 Å².